The van der Waals surface area contributed by atoms with Crippen molar-refractivity contribution in [3.8, 4) is 11.8 Å². The predicted molar refractivity (Wildman–Crippen MR) is 110 cm³/mol. The monoisotopic (exact) mass is 400 g/mol. The van der Waals surface area contributed by atoms with Gasteiger partial charge in [0.2, 0.25) is 5.91 Å². The number of carbonyl (C=O) groups excluding carboxylic acids is 2. The van der Waals surface area contributed by atoms with E-state index in [0.717, 1.165) is 18.5 Å². The maximum absolute atomic E-state index is 12.6. The molecular weight excluding hydrogens is 380 g/mol. The Balaban J connectivity index is 1.52. The van der Waals surface area contributed by atoms with E-state index in [1.807, 2.05) is 30.3 Å². The number of hydrogen-bond donors (Lipinski definition) is 1. The molecule has 1 amide bonds. The molecule has 1 fully saturated rings. The number of ether oxygens (including phenoxy) is 1. The van der Waals surface area contributed by atoms with Gasteiger partial charge in [0, 0.05) is 11.6 Å². The molecule has 1 aliphatic rings. The van der Waals surface area contributed by atoms with Crippen LogP contribution in [0.5, 0.6) is 0 Å². The van der Waals surface area contributed by atoms with E-state index in [9.17, 15) is 14.9 Å². The number of nitrogens with one attached hydrogen (secondary N) is 1. The van der Waals surface area contributed by atoms with Crippen LogP contribution < -0.4 is 5.32 Å². The largest absolute Gasteiger partial charge is 0.456 e. The summed E-state index contributed by atoms with van der Waals surface area (Å²) in [5, 5.41) is 16.8. The maximum atomic E-state index is 12.6. The summed E-state index contributed by atoms with van der Waals surface area (Å²) in [5.74, 6) is -0.493. The number of aryl methyl sites for hydroxylation is 1. The highest BCUT2D eigenvalue weighted by Crippen LogP contribution is 2.30. The predicted octanol–water partition coefficient (Wildman–Crippen LogP) is 3.76. The molecule has 7 heteroatoms. The summed E-state index contributed by atoms with van der Waals surface area (Å²) in [6.45, 7) is 1.64. The van der Waals surface area contributed by atoms with E-state index in [4.69, 9.17) is 4.74 Å². The Labute approximate surface area is 173 Å². The number of esters is 1. The van der Waals surface area contributed by atoms with E-state index in [2.05, 4.69) is 16.5 Å². The highest BCUT2D eigenvalue weighted by atomic mass is 16.5. The van der Waals surface area contributed by atoms with E-state index in [0.29, 0.717) is 28.2 Å². The molecule has 0 bridgehead atoms. The summed E-state index contributed by atoms with van der Waals surface area (Å²) in [4.78, 5) is 24.6. The molecule has 0 radical (unpaired) electrons. The molecule has 0 atom stereocenters. The minimum atomic E-state index is -0.542. The fourth-order valence-corrected chi connectivity index (χ4v) is 3.17. The van der Waals surface area contributed by atoms with Crippen LogP contribution in [0.2, 0.25) is 0 Å². The molecule has 4 rings (SSSR count). The molecular formula is C23H20N4O3. The highest BCUT2D eigenvalue weighted by Gasteiger charge is 2.29. The molecule has 1 saturated carbocycles. The summed E-state index contributed by atoms with van der Waals surface area (Å²) < 4.78 is 7.11. The van der Waals surface area contributed by atoms with Gasteiger partial charge in [0.15, 0.2) is 0 Å². The highest BCUT2D eigenvalue weighted by molar-refractivity contribution is 5.96. The quantitative estimate of drug-likeness (QED) is 0.636. The third kappa shape index (κ3) is 4.08. The zero-order chi connectivity index (χ0) is 21.1. The Morgan fingerprint density at radius 1 is 1.20 bits per heavy atom. The number of carbonyl (C=O) groups is 2. The number of amides is 1. The molecule has 7 nitrogen and oxygen atoms in total. The minimum absolute atomic E-state index is 0.0265. The second-order valence-corrected chi connectivity index (χ2v) is 7.19. The van der Waals surface area contributed by atoms with Crippen molar-refractivity contribution < 1.29 is 14.3 Å². The van der Waals surface area contributed by atoms with Crippen LogP contribution in [-0.2, 0) is 16.1 Å². The van der Waals surface area contributed by atoms with Gasteiger partial charge in [-0.1, -0.05) is 24.3 Å². The Morgan fingerprint density at radius 3 is 2.67 bits per heavy atom. The van der Waals surface area contributed by atoms with E-state index < -0.39 is 5.97 Å². The van der Waals surface area contributed by atoms with Crippen molar-refractivity contribution in [2.24, 2.45) is 5.92 Å². The van der Waals surface area contributed by atoms with Crippen molar-refractivity contribution in [3.05, 3.63) is 77.1 Å². The first-order valence-electron chi connectivity index (χ1n) is 9.69. The molecule has 2 aromatic carbocycles. The van der Waals surface area contributed by atoms with E-state index in [-0.39, 0.29) is 18.4 Å². The lowest BCUT2D eigenvalue weighted by atomic mass is 10.2. The Kier molecular flexibility index (Phi) is 5.31. The van der Waals surface area contributed by atoms with Crippen LogP contribution in [0.3, 0.4) is 0 Å². The van der Waals surface area contributed by atoms with Crippen LogP contribution in [0, 0.1) is 24.2 Å². The van der Waals surface area contributed by atoms with E-state index in [1.54, 1.807) is 35.9 Å². The molecule has 3 aromatic rings. The van der Waals surface area contributed by atoms with Crippen molar-refractivity contribution >= 4 is 17.6 Å². The number of aromatic nitrogens is 2. The molecule has 0 spiro atoms. The maximum Gasteiger partial charge on any atom is 0.338 e. The van der Waals surface area contributed by atoms with Gasteiger partial charge in [-0.05, 0) is 50.1 Å². The van der Waals surface area contributed by atoms with E-state index >= 15 is 0 Å². The van der Waals surface area contributed by atoms with Gasteiger partial charge in [-0.3, -0.25) is 4.79 Å². The second kappa shape index (κ2) is 8.21. The van der Waals surface area contributed by atoms with Crippen LogP contribution in [-0.4, -0.2) is 21.7 Å². The number of anilines is 1. The van der Waals surface area contributed by atoms with Gasteiger partial charge in [0.25, 0.3) is 0 Å². The summed E-state index contributed by atoms with van der Waals surface area (Å²) in [5.41, 5.74) is 3.12. The second-order valence-electron chi connectivity index (χ2n) is 7.19. The summed E-state index contributed by atoms with van der Waals surface area (Å²) in [7, 11) is 0. The number of benzene rings is 2. The smallest absolute Gasteiger partial charge is 0.338 e. The van der Waals surface area contributed by atoms with Gasteiger partial charge < -0.3 is 10.1 Å². The lowest BCUT2D eigenvalue weighted by Gasteiger charge is -2.10. The zero-order valence-electron chi connectivity index (χ0n) is 16.5. The number of hydrogen-bond acceptors (Lipinski definition) is 5. The van der Waals surface area contributed by atoms with Crippen LogP contribution in [0.15, 0.2) is 54.6 Å². The lowest BCUT2D eigenvalue weighted by Crippen LogP contribution is -2.14. The van der Waals surface area contributed by atoms with Crippen LogP contribution in [0.1, 0.15) is 40.2 Å². The van der Waals surface area contributed by atoms with Crippen LogP contribution in [0.4, 0.5) is 5.69 Å². The summed E-state index contributed by atoms with van der Waals surface area (Å²) in [6.07, 6.45) is 1.81. The SMILES string of the molecule is Cc1nn(-c2ccccc2)c(COC(=O)c2cccc(NC(=O)C3CC3)c2)c1C#N. The Hall–Kier alpha value is -3.92. The average molecular weight is 400 g/mol. The third-order valence-electron chi connectivity index (χ3n) is 4.92. The number of para-hydroxylation sites is 1. The Morgan fingerprint density at radius 2 is 1.97 bits per heavy atom. The number of rotatable bonds is 6. The van der Waals surface area contributed by atoms with Gasteiger partial charge in [-0.25, -0.2) is 9.48 Å². The molecule has 0 saturated heterocycles. The molecule has 0 unspecified atom stereocenters. The fraction of sp³-hybridized carbons (Fsp3) is 0.217. The minimum Gasteiger partial charge on any atom is -0.456 e. The molecule has 1 aliphatic carbocycles. The third-order valence-corrected chi connectivity index (χ3v) is 4.92. The van der Waals surface area contributed by atoms with Gasteiger partial charge in [0.1, 0.15) is 18.2 Å². The average Bonchev–Trinajstić information content (AvgIpc) is 3.56. The molecule has 30 heavy (non-hydrogen) atoms. The van der Waals surface area contributed by atoms with Gasteiger partial charge >= 0.3 is 5.97 Å². The first kappa shape index (κ1) is 19.4. The van der Waals surface area contributed by atoms with Gasteiger partial charge in [0.05, 0.1) is 22.6 Å². The molecule has 1 N–H and O–H groups in total. The Bertz CT molecular complexity index is 1140. The lowest BCUT2D eigenvalue weighted by molar-refractivity contribution is -0.117. The molecule has 1 aromatic heterocycles. The first-order chi connectivity index (χ1) is 14.6. The normalized spacial score (nSPS) is 12.8. The van der Waals surface area contributed by atoms with Crippen molar-refractivity contribution in [1.82, 2.24) is 9.78 Å². The van der Waals surface area contributed by atoms with Crippen molar-refractivity contribution in [2.45, 2.75) is 26.4 Å². The number of nitriles is 1. The summed E-state index contributed by atoms with van der Waals surface area (Å²) in [6, 6.07) is 18.1. The first-order valence-corrected chi connectivity index (χ1v) is 9.69. The van der Waals surface area contributed by atoms with Crippen molar-refractivity contribution in [2.75, 3.05) is 5.32 Å². The number of nitrogens with zero attached hydrogens (tertiary/aromatic N) is 3. The molecule has 1 heterocycles. The fourth-order valence-electron chi connectivity index (χ4n) is 3.17. The van der Waals surface area contributed by atoms with Gasteiger partial charge in [-0.15, -0.1) is 0 Å². The summed E-state index contributed by atoms with van der Waals surface area (Å²) >= 11 is 0. The topological polar surface area (TPSA) is 97.0 Å². The standard InChI is InChI=1S/C23H20N4O3/c1-15-20(13-24)21(27(26-15)19-8-3-2-4-9-19)14-30-23(29)17-6-5-7-18(12-17)25-22(28)16-10-11-16/h2-9,12,16H,10-11,14H2,1H3,(H,25,28). The van der Waals surface area contributed by atoms with Crippen molar-refractivity contribution in [1.29, 1.82) is 5.26 Å². The van der Waals surface area contributed by atoms with Gasteiger partial charge in [-0.2, -0.15) is 10.4 Å². The molecule has 150 valence electrons. The van der Waals surface area contributed by atoms with Crippen LogP contribution >= 0.6 is 0 Å². The van der Waals surface area contributed by atoms with E-state index in [1.165, 1.54) is 0 Å². The zero-order valence-corrected chi connectivity index (χ0v) is 16.5. The molecule has 0 aliphatic heterocycles. The van der Waals surface area contributed by atoms with Crippen molar-refractivity contribution in [3.63, 3.8) is 0 Å². The van der Waals surface area contributed by atoms with Crippen LogP contribution in [0.25, 0.3) is 5.69 Å².